The number of aromatic nitrogens is 1. The second kappa shape index (κ2) is 11.5. The normalized spacial score (nSPS) is 11.2. The van der Waals surface area contributed by atoms with E-state index in [0.29, 0.717) is 34.4 Å². The van der Waals surface area contributed by atoms with E-state index in [9.17, 15) is 4.79 Å². The summed E-state index contributed by atoms with van der Waals surface area (Å²) >= 11 is 0. The number of pyridine rings is 1. The van der Waals surface area contributed by atoms with Gasteiger partial charge >= 0.3 is 5.97 Å². The Hall–Kier alpha value is -4.04. The van der Waals surface area contributed by atoms with E-state index in [4.69, 9.17) is 24.2 Å². The maximum atomic E-state index is 11.2. The largest absolute Gasteiger partial charge is 0.491 e. The Labute approximate surface area is 192 Å². The van der Waals surface area contributed by atoms with Crippen molar-refractivity contribution in [3.05, 3.63) is 84.2 Å². The molecule has 0 saturated carbocycles. The highest BCUT2D eigenvalue weighted by atomic mass is 16.6. The summed E-state index contributed by atoms with van der Waals surface area (Å²) in [6, 6.07) is 17.8. The van der Waals surface area contributed by atoms with Crippen LogP contribution in [0, 0.1) is 0 Å². The maximum Gasteiger partial charge on any atom is 0.307 e. The average molecular weight is 450 g/mol. The first-order valence-corrected chi connectivity index (χ1v) is 10.3. The molecule has 0 aliphatic heterocycles. The molecule has 0 aliphatic carbocycles. The Morgan fingerprint density at radius 1 is 1.06 bits per heavy atom. The minimum absolute atomic E-state index is 0.0685. The molecule has 0 bridgehead atoms. The van der Waals surface area contributed by atoms with Gasteiger partial charge < -0.3 is 19.3 Å². The zero-order valence-electron chi connectivity index (χ0n) is 18.6. The van der Waals surface area contributed by atoms with Crippen molar-refractivity contribution < 1.29 is 28.9 Å². The maximum absolute atomic E-state index is 11.2. The van der Waals surface area contributed by atoms with Gasteiger partial charge in [-0.05, 0) is 49.7 Å². The third-order valence-electron chi connectivity index (χ3n) is 4.20. The van der Waals surface area contributed by atoms with Gasteiger partial charge in [-0.15, -0.1) is 0 Å². The Morgan fingerprint density at radius 2 is 1.88 bits per heavy atom. The van der Waals surface area contributed by atoms with Crippen LogP contribution in [0.2, 0.25) is 0 Å². The van der Waals surface area contributed by atoms with E-state index in [0.717, 1.165) is 5.56 Å². The molecule has 0 fully saturated rings. The van der Waals surface area contributed by atoms with E-state index < -0.39 is 5.97 Å². The van der Waals surface area contributed by atoms with Gasteiger partial charge in [0.1, 0.15) is 29.2 Å². The molecular formula is C25H26N2O6. The van der Waals surface area contributed by atoms with Gasteiger partial charge in [-0.3, -0.25) is 15.1 Å². The molecule has 33 heavy (non-hydrogen) atoms. The van der Waals surface area contributed by atoms with Crippen molar-refractivity contribution in [2.24, 2.45) is 0 Å². The third-order valence-corrected chi connectivity index (χ3v) is 4.20. The summed E-state index contributed by atoms with van der Waals surface area (Å²) in [5, 5.41) is 9.16. The SMILES string of the molecule is CONC(=COc1cc(CC(=O)O)cc(OC(C)C)c1)c1cccc(Oc2ccccn2)c1. The van der Waals surface area contributed by atoms with Crippen molar-refractivity contribution in [1.82, 2.24) is 10.5 Å². The highest BCUT2D eigenvalue weighted by Gasteiger charge is 2.10. The molecular weight excluding hydrogens is 424 g/mol. The number of hydroxylamine groups is 1. The number of rotatable bonds is 11. The van der Waals surface area contributed by atoms with Crippen LogP contribution < -0.4 is 19.7 Å². The van der Waals surface area contributed by atoms with E-state index in [1.807, 2.05) is 50.2 Å². The molecule has 0 saturated heterocycles. The lowest BCUT2D eigenvalue weighted by Crippen LogP contribution is -2.11. The molecule has 0 aliphatic rings. The summed E-state index contributed by atoms with van der Waals surface area (Å²) in [5.74, 6) is 1.08. The smallest absolute Gasteiger partial charge is 0.307 e. The minimum atomic E-state index is -0.940. The predicted octanol–water partition coefficient (Wildman–Crippen LogP) is 4.82. The number of carbonyl (C=O) groups is 1. The first-order valence-electron chi connectivity index (χ1n) is 10.3. The van der Waals surface area contributed by atoms with Crippen molar-refractivity contribution in [3.63, 3.8) is 0 Å². The summed E-state index contributed by atoms with van der Waals surface area (Å²) in [6.07, 6.45) is 2.91. The summed E-state index contributed by atoms with van der Waals surface area (Å²) in [4.78, 5) is 20.4. The molecule has 2 aromatic carbocycles. The van der Waals surface area contributed by atoms with Crippen molar-refractivity contribution in [3.8, 4) is 23.1 Å². The summed E-state index contributed by atoms with van der Waals surface area (Å²) in [7, 11) is 1.49. The lowest BCUT2D eigenvalue weighted by Gasteiger charge is -2.14. The quantitative estimate of drug-likeness (QED) is 0.317. The van der Waals surface area contributed by atoms with E-state index in [1.54, 1.807) is 30.5 Å². The van der Waals surface area contributed by atoms with Crippen LogP contribution in [0.3, 0.4) is 0 Å². The lowest BCUT2D eigenvalue weighted by atomic mass is 10.1. The molecule has 172 valence electrons. The summed E-state index contributed by atoms with van der Waals surface area (Å²) in [6.45, 7) is 3.79. The number of aliphatic carboxylic acids is 1. The highest BCUT2D eigenvalue weighted by molar-refractivity contribution is 5.70. The van der Waals surface area contributed by atoms with Gasteiger partial charge in [0.25, 0.3) is 0 Å². The van der Waals surface area contributed by atoms with Gasteiger partial charge in [0.2, 0.25) is 5.88 Å². The standard InChI is InChI=1S/C25H26N2O6/c1-17(2)32-22-12-18(13-25(28)29)11-21(15-22)31-16-23(27-30-3)19-7-6-8-20(14-19)33-24-9-4-5-10-26-24/h4-12,14-17,27H,13H2,1-3H3,(H,28,29). The third kappa shape index (κ3) is 7.55. The Balaban J connectivity index is 1.85. The zero-order valence-corrected chi connectivity index (χ0v) is 18.6. The van der Waals surface area contributed by atoms with E-state index in [1.165, 1.54) is 13.4 Å². The van der Waals surface area contributed by atoms with Crippen molar-refractivity contribution in [1.29, 1.82) is 0 Å². The highest BCUT2D eigenvalue weighted by Crippen LogP contribution is 2.27. The molecule has 3 rings (SSSR count). The molecule has 2 N–H and O–H groups in total. The van der Waals surface area contributed by atoms with Crippen LogP contribution >= 0.6 is 0 Å². The number of carboxylic acid groups (broad SMARTS) is 1. The molecule has 1 aromatic heterocycles. The zero-order chi connectivity index (χ0) is 23.6. The Morgan fingerprint density at radius 3 is 2.58 bits per heavy atom. The van der Waals surface area contributed by atoms with Crippen molar-refractivity contribution in [2.75, 3.05) is 7.11 Å². The Bertz CT molecular complexity index is 1100. The van der Waals surface area contributed by atoms with E-state index in [-0.39, 0.29) is 12.5 Å². The van der Waals surface area contributed by atoms with Crippen molar-refractivity contribution in [2.45, 2.75) is 26.4 Å². The molecule has 0 spiro atoms. The summed E-state index contributed by atoms with van der Waals surface area (Å²) < 4.78 is 17.4. The molecule has 8 heteroatoms. The minimum Gasteiger partial charge on any atom is -0.491 e. The number of hydrogen-bond acceptors (Lipinski definition) is 7. The number of hydrogen-bond donors (Lipinski definition) is 2. The van der Waals surface area contributed by atoms with Crippen LogP contribution in [0.1, 0.15) is 25.0 Å². The first kappa shape index (κ1) is 23.6. The van der Waals surface area contributed by atoms with Gasteiger partial charge in [0, 0.05) is 23.9 Å². The molecule has 0 unspecified atom stereocenters. The number of carboxylic acids is 1. The monoisotopic (exact) mass is 450 g/mol. The van der Waals surface area contributed by atoms with Crippen LogP contribution in [0.5, 0.6) is 23.1 Å². The topological polar surface area (TPSA) is 99.1 Å². The van der Waals surface area contributed by atoms with E-state index in [2.05, 4.69) is 10.5 Å². The van der Waals surface area contributed by atoms with Crippen LogP contribution in [0.15, 0.2) is 73.1 Å². The number of benzene rings is 2. The molecule has 8 nitrogen and oxygen atoms in total. The fourth-order valence-corrected chi connectivity index (χ4v) is 2.96. The van der Waals surface area contributed by atoms with Gasteiger partial charge in [-0.2, -0.15) is 0 Å². The average Bonchev–Trinajstić information content (AvgIpc) is 2.76. The summed E-state index contributed by atoms with van der Waals surface area (Å²) in [5.41, 5.74) is 4.63. The second-order valence-corrected chi connectivity index (χ2v) is 7.30. The Kier molecular flexibility index (Phi) is 8.26. The molecule has 0 radical (unpaired) electrons. The molecule has 0 amide bonds. The lowest BCUT2D eigenvalue weighted by molar-refractivity contribution is -0.136. The van der Waals surface area contributed by atoms with Crippen LogP contribution in [-0.2, 0) is 16.1 Å². The second-order valence-electron chi connectivity index (χ2n) is 7.30. The van der Waals surface area contributed by atoms with Gasteiger partial charge in [-0.25, -0.2) is 4.98 Å². The number of nitrogens with one attached hydrogen (secondary N) is 1. The van der Waals surface area contributed by atoms with Crippen LogP contribution in [0.25, 0.3) is 5.70 Å². The fraction of sp³-hybridized carbons (Fsp3) is 0.200. The number of nitrogens with zero attached hydrogens (tertiary/aromatic N) is 1. The van der Waals surface area contributed by atoms with Crippen LogP contribution in [0.4, 0.5) is 0 Å². The number of ether oxygens (including phenoxy) is 3. The molecule has 3 aromatic rings. The fourth-order valence-electron chi connectivity index (χ4n) is 2.96. The first-order chi connectivity index (χ1) is 15.9. The van der Waals surface area contributed by atoms with Crippen LogP contribution in [-0.4, -0.2) is 29.3 Å². The van der Waals surface area contributed by atoms with Gasteiger partial charge in [0.05, 0.1) is 19.6 Å². The molecule has 0 atom stereocenters. The predicted molar refractivity (Wildman–Crippen MR) is 123 cm³/mol. The molecule has 1 heterocycles. The van der Waals surface area contributed by atoms with E-state index >= 15 is 0 Å². The van der Waals surface area contributed by atoms with Gasteiger partial charge in [-0.1, -0.05) is 18.2 Å². The van der Waals surface area contributed by atoms with Gasteiger partial charge in [0.15, 0.2) is 0 Å². The van der Waals surface area contributed by atoms with Crippen molar-refractivity contribution >= 4 is 11.7 Å².